The zero-order chi connectivity index (χ0) is 36.7. The van der Waals surface area contributed by atoms with Crippen LogP contribution in [0.5, 0.6) is 0 Å². The molecule has 2 heteroatoms. The third-order valence-corrected chi connectivity index (χ3v) is 11.1. The molecule has 0 radical (unpaired) electrons. The van der Waals surface area contributed by atoms with E-state index >= 15 is 0 Å². The maximum absolute atomic E-state index is 4.31. The molecule has 2 nitrogen and oxygen atoms in total. The smallest absolute Gasteiger partial charge is 0.0359 e. The third kappa shape index (κ3) is 5.89. The highest BCUT2D eigenvalue weighted by molar-refractivity contribution is 6.25. The van der Waals surface area contributed by atoms with Crippen molar-refractivity contribution in [2.75, 3.05) is 13.6 Å². The average Bonchev–Trinajstić information content (AvgIpc) is 3.27. The lowest BCUT2D eigenvalue weighted by Gasteiger charge is -2.20. The number of rotatable bonds is 6. The van der Waals surface area contributed by atoms with Gasteiger partial charge in [0.1, 0.15) is 0 Å². The minimum atomic E-state index is 0.883. The number of likely N-dealkylation sites (N-methyl/N-ethyl adjacent to an activating group) is 1. The summed E-state index contributed by atoms with van der Waals surface area (Å²) in [5.74, 6) is 0. The molecule has 2 heterocycles. The van der Waals surface area contributed by atoms with E-state index in [1.54, 1.807) is 0 Å². The Bertz CT molecular complexity index is 2940. The van der Waals surface area contributed by atoms with Crippen LogP contribution >= 0.6 is 0 Å². The molecule has 1 aliphatic heterocycles. The number of allylic oxidation sites excluding steroid dienone is 2. The molecule has 0 saturated carbocycles. The van der Waals surface area contributed by atoms with Crippen molar-refractivity contribution in [1.29, 1.82) is 0 Å². The molecule has 0 amide bonds. The largest absolute Gasteiger partial charge is 0.377 e. The molecule has 1 aliphatic rings. The molecule has 55 heavy (non-hydrogen) atoms. The summed E-state index contributed by atoms with van der Waals surface area (Å²) < 4.78 is 0. The first kappa shape index (κ1) is 32.6. The molecule has 1 aromatic heterocycles. The van der Waals surface area contributed by atoms with E-state index in [1.165, 1.54) is 93.5 Å². The molecule has 0 atom stereocenters. The Morgan fingerprint density at radius 1 is 0.382 bits per heavy atom. The van der Waals surface area contributed by atoms with Gasteiger partial charge in [-0.3, -0.25) is 4.98 Å². The molecule has 0 bridgehead atoms. The van der Waals surface area contributed by atoms with E-state index in [-0.39, 0.29) is 0 Å². The molecule has 0 aliphatic carbocycles. The van der Waals surface area contributed by atoms with Crippen molar-refractivity contribution in [2.24, 2.45) is 0 Å². The SMILES string of the molecule is CN1C=CC(c2cc(-c3ccncc3)cc(-c3ccccc3-c3ccccc3-c3ccccc3-c3ccc4c5ccccc5c5ccccc5c4c3)c2)=CC1. The van der Waals surface area contributed by atoms with E-state index in [4.69, 9.17) is 0 Å². The molecule has 0 fully saturated rings. The number of aromatic nitrogens is 1. The Balaban J connectivity index is 1.14. The van der Waals surface area contributed by atoms with Gasteiger partial charge in [0.15, 0.2) is 0 Å². The van der Waals surface area contributed by atoms with Gasteiger partial charge in [0.05, 0.1) is 0 Å². The second-order valence-corrected chi connectivity index (χ2v) is 14.4. The third-order valence-electron chi connectivity index (χ3n) is 11.1. The quantitative estimate of drug-likeness (QED) is 0.160. The van der Waals surface area contributed by atoms with E-state index in [9.17, 15) is 0 Å². The van der Waals surface area contributed by atoms with Crippen molar-refractivity contribution in [3.8, 4) is 55.6 Å². The predicted octanol–water partition coefficient (Wildman–Crippen LogP) is 13.7. The zero-order valence-corrected chi connectivity index (χ0v) is 30.7. The Morgan fingerprint density at radius 2 is 0.836 bits per heavy atom. The Labute approximate surface area is 322 Å². The number of pyridine rings is 1. The second-order valence-electron chi connectivity index (χ2n) is 14.4. The topological polar surface area (TPSA) is 16.1 Å². The zero-order valence-electron chi connectivity index (χ0n) is 30.7. The van der Waals surface area contributed by atoms with Gasteiger partial charge in [-0.2, -0.15) is 0 Å². The number of fused-ring (bicyclic) bond motifs is 6. The highest BCUT2D eigenvalue weighted by Crippen LogP contribution is 2.44. The van der Waals surface area contributed by atoms with Gasteiger partial charge in [-0.25, -0.2) is 0 Å². The van der Waals surface area contributed by atoms with Crippen LogP contribution in [0, 0.1) is 0 Å². The van der Waals surface area contributed by atoms with Crippen molar-refractivity contribution in [3.05, 3.63) is 206 Å². The Morgan fingerprint density at radius 3 is 1.40 bits per heavy atom. The van der Waals surface area contributed by atoms with Gasteiger partial charge in [0.2, 0.25) is 0 Å². The summed E-state index contributed by atoms with van der Waals surface area (Å²) in [6, 6.07) is 62.4. The van der Waals surface area contributed by atoms with Gasteiger partial charge >= 0.3 is 0 Å². The summed E-state index contributed by atoms with van der Waals surface area (Å²) >= 11 is 0. The molecular weight excluding hydrogens is 665 g/mol. The average molecular weight is 703 g/mol. The van der Waals surface area contributed by atoms with E-state index in [2.05, 4.69) is 205 Å². The first-order chi connectivity index (χ1) is 27.2. The van der Waals surface area contributed by atoms with Crippen molar-refractivity contribution < 1.29 is 0 Å². The maximum atomic E-state index is 4.31. The molecule has 9 aromatic rings. The lowest BCUT2D eigenvalue weighted by atomic mass is 9.85. The van der Waals surface area contributed by atoms with Crippen LogP contribution in [0.4, 0.5) is 0 Å². The van der Waals surface area contributed by atoms with Gasteiger partial charge in [-0.05, 0) is 148 Å². The summed E-state index contributed by atoms with van der Waals surface area (Å²) in [6.07, 6.45) is 10.4. The Hall–Kier alpha value is -7.03. The van der Waals surface area contributed by atoms with Crippen LogP contribution in [-0.4, -0.2) is 23.5 Å². The van der Waals surface area contributed by atoms with Crippen molar-refractivity contribution in [1.82, 2.24) is 9.88 Å². The van der Waals surface area contributed by atoms with Gasteiger partial charge in [0, 0.05) is 26.0 Å². The fourth-order valence-electron chi connectivity index (χ4n) is 8.42. The lowest BCUT2D eigenvalue weighted by Crippen LogP contribution is -2.13. The normalized spacial score (nSPS) is 12.7. The fourth-order valence-corrected chi connectivity index (χ4v) is 8.42. The van der Waals surface area contributed by atoms with Crippen LogP contribution in [0.2, 0.25) is 0 Å². The van der Waals surface area contributed by atoms with Crippen molar-refractivity contribution in [3.63, 3.8) is 0 Å². The van der Waals surface area contributed by atoms with Crippen molar-refractivity contribution >= 4 is 37.9 Å². The van der Waals surface area contributed by atoms with Gasteiger partial charge in [-0.1, -0.05) is 140 Å². The van der Waals surface area contributed by atoms with Gasteiger partial charge in [0.25, 0.3) is 0 Å². The number of hydrogen-bond donors (Lipinski definition) is 0. The Kier molecular flexibility index (Phi) is 8.15. The number of benzene rings is 8. The highest BCUT2D eigenvalue weighted by Gasteiger charge is 2.18. The second kappa shape index (κ2) is 13.7. The van der Waals surface area contributed by atoms with Gasteiger partial charge < -0.3 is 4.90 Å². The van der Waals surface area contributed by atoms with Crippen LogP contribution < -0.4 is 0 Å². The first-order valence-corrected chi connectivity index (χ1v) is 19.0. The molecule has 10 rings (SSSR count). The maximum Gasteiger partial charge on any atom is 0.0359 e. The number of nitrogens with zero attached hydrogens (tertiary/aromatic N) is 2. The van der Waals surface area contributed by atoms with E-state index in [0.717, 1.165) is 12.1 Å². The van der Waals surface area contributed by atoms with Crippen LogP contribution in [0.15, 0.2) is 201 Å². The highest BCUT2D eigenvalue weighted by atomic mass is 15.1. The van der Waals surface area contributed by atoms with E-state index in [0.29, 0.717) is 0 Å². The molecular formula is C53H38N2. The van der Waals surface area contributed by atoms with Crippen LogP contribution in [0.25, 0.3) is 93.5 Å². The monoisotopic (exact) mass is 702 g/mol. The van der Waals surface area contributed by atoms with Crippen LogP contribution in [0.1, 0.15) is 5.56 Å². The molecule has 0 N–H and O–H groups in total. The predicted molar refractivity (Wildman–Crippen MR) is 234 cm³/mol. The molecule has 0 unspecified atom stereocenters. The summed E-state index contributed by atoms with van der Waals surface area (Å²) in [7, 11) is 2.11. The summed E-state index contributed by atoms with van der Waals surface area (Å²) in [5.41, 5.74) is 14.4. The standard InChI is InChI=1S/C53H38N2/c1-55-30-26-37(27-31-55)40-32-39(36-24-28-54-29-25-36)33-41(34-40)43-13-3-5-15-45(43)47-17-7-6-16-46(47)44-14-4-2-12-42(44)38-22-23-52-50-20-9-8-18-48(50)49-19-10-11-21-51(49)53(52)35-38/h2-30,32-35H,31H2,1H3. The summed E-state index contributed by atoms with van der Waals surface area (Å²) in [6.45, 7) is 0.883. The molecule has 260 valence electrons. The fraction of sp³-hybridized carbons (Fsp3) is 0.0377. The van der Waals surface area contributed by atoms with Crippen molar-refractivity contribution in [2.45, 2.75) is 0 Å². The summed E-state index contributed by atoms with van der Waals surface area (Å²) in [4.78, 5) is 6.50. The molecule has 0 saturated heterocycles. The summed E-state index contributed by atoms with van der Waals surface area (Å²) in [5, 5.41) is 7.72. The van der Waals surface area contributed by atoms with Gasteiger partial charge in [-0.15, -0.1) is 0 Å². The van der Waals surface area contributed by atoms with Crippen LogP contribution in [0.3, 0.4) is 0 Å². The van der Waals surface area contributed by atoms with Crippen LogP contribution in [-0.2, 0) is 0 Å². The molecule has 0 spiro atoms. The lowest BCUT2D eigenvalue weighted by molar-refractivity contribution is 0.506. The van der Waals surface area contributed by atoms with E-state index in [1.807, 2.05) is 12.4 Å². The molecule has 8 aromatic carbocycles. The minimum Gasteiger partial charge on any atom is -0.377 e. The minimum absolute atomic E-state index is 0.883. The van der Waals surface area contributed by atoms with E-state index < -0.39 is 0 Å². The first-order valence-electron chi connectivity index (χ1n) is 19.0. The number of hydrogen-bond acceptors (Lipinski definition) is 2.